The molecule has 0 aliphatic carbocycles. The Morgan fingerprint density at radius 1 is 1.11 bits per heavy atom. The van der Waals surface area contributed by atoms with E-state index in [4.69, 9.17) is 0 Å². The lowest BCUT2D eigenvalue weighted by atomic mass is 10.0. The van der Waals surface area contributed by atoms with Gasteiger partial charge in [0, 0.05) is 43.5 Å². The Kier molecular flexibility index (Phi) is 5.43. The normalized spacial score (nSPS) is 15.1. The zero-order chi connectivity index (χ0) is 19.3. The van der Waals surface area contributed by atoms with Crippen LogP contribution >= 0.6 is 0 Å². The standard InChI is InChI=1S/C21H23N5O2/c27-20(17-5-3-9-22-14-17)25-11-7-18(8-12-25)23-10-13-26-21(28)19-6-2-1-4-16(19)15-24-26/h1-6,9,14-15,18,23H,7-8,10-13H2. The predicted octanol–water partition coefficient (Wildman–Crippen LogP) is 1.69. The number of nitrogens with zero attached hydrogens (tertiary/aromatic N) is 4. The molecule has 1 aliphatic heterocycles. The van der Waals surface area contributed by atoms with Crippen LogP contribution in [0.25, 0.3) is 10.8 Å². The quantitative estimate of drug-likeness (QED) is 0.732. The fourth-order valence-corrected chi connectivity index (χ4v) is 3.62. The highest BCUT2D eigenvalue weighted by Crippen LogP contribution is 2.13. The maximum atomic E-state index is 12.5. The summed E-state index contributed by atoms with van der Waals surface area (Å²) in [4.78, 5) is 30.9. The Hall–Kier alpha value is -3.06. The third-order valence-corrected chi connectivity index (χ3v) is 5.21. The van der Waals surface area contributed by atoms with Crippen molar-refractivity contribution in [3.63, 3.8) is 0 Å². The predicted molar refractivity (Wildman–Crippen MR) is 107 cm³/mol. The highest BCUT2D eigenvalue weighted by molar-refractivity contribution is 5.93. The number of amides is 1. The van der Waals surface area contributed by atoms with Gasteiger partial charge in [-0.15, -0.1) is 0 Å². The molecule has 144 valence electrons. The van der Waals surface area contributed by atoms with E-state index in [2.05, 4.69) is 15.4 Å². The number of pyridine rings is 1. The molecule has 0 radical (unpaired) electrons. The lowest BCUT2D eigenvalue weighted by molar-refractivity contribution is 0.0704. The molecule has 1 saturated heterocycles. The van der Waals surface area contributed by atoms with Crippen LogP contribution in [0.5, 0.6) is 0 Å². The lowest BCUT2D eigenvalue weighted by Gasteiger charge is -2.32. The van der Waals surface area contributed by atoms with E-state index in [9.17, 15) is 9.59 Å². The smallest absolute Gasteiger partial charge is 0.274 e. The van der Waals surface area contributed by atoms with E-state index in [0.29, 0.717) is 30.1 Å². The van der Waals surface area contributed by atoms with E-state index in [1.807, 2.05) is 29.2 Å². The van der Waals surface area contributed by atoms with Crippen LogP contribution in [0, 0.1) is 0 Å². The van der Waals surface area contributed by atoms with E-state index in [-0.39, 0.29) is 11.5 Å². The average molecular weight is 377 g/mol. The molecule has 1 aromatic carbocycles. The third kappa shape index (κ3) is 3.94. The van der Waals surface area contributed by atoms with Gasteiger partial charge in [-0.3, -0.25) is 14.6 Å². The second kappa shape index (κ2) is 8.31. The first-order chi connectivity index (χ1) is 13.7. The van der Waals surface area contributed by atoms with Crippen LogP contribution in [0.15, 0.2) is 59.8 Å². The maximum Gasteiger partial charge on any atom is 0.274 e. The Bertz CT molecular complexity index is 1010. The molecule has 7 heteroatoms. The summed E-state index contributed by atoms with van der Waals surface area (Å²) in [5.74, 6) is 0.0402. The van der Waals surface area contributed by atoms with E-state index < -0.39 is 0 Å². The Balaban J connectivity index is 1.28. The van der Waals surface area contributed by atoms with Gasteiger partial charge >= 0.3 is 0 Å². The number of likely N-dealkylation sites (tertiary alicyclic amines) is 1. The summed E-state index contributed by atoms with van der Waals surface area (Å²) in [5, 5.41) is 9.32. The van der Waals surface area contributed by atoms with Gasteiger partial charge in [-0.1, -0.05) is 18.2 Å². The molecule has 2 aromatic heterocycles. The number of carbonyl (C=O) groups is 1. The van der Waals surface area contributed by atoms with Gasteiger partial charge in [-0.2, -0.15) is 5.10 Å². The summed E-state index contributed by atoms with van der Waals surface area (Å²) in [7, 11) is 0. The number of benzene rings is 1. The van der Waals surface area contributed by atoms with Crippen molar-refractivity contribution in [2.75, 3.05) is 19.6 Å². The second-order valence-electron chi connectivity index (χ2n) is 7.02. The van der Waals surface area contributed by atoms with Crippen LogP contribution in [-0.4, -0.2) is 51.2 Å². The Morgan fingerprint density at radius 3 is 2.71 bits per heavy atom. The van der Waals surface area contributed by atoms with Gasteiger partial charge in [-0.25, -0.2) is 4.68 Å². The largest absolute Gasteiger partial charge is 0.338 e. The average Bonchev–Trinajstić information content (AvgIpc) is 2.76. The minimum atomic E-state index is -0.0585. The molecule has 1 amide bonds. The van der Waals surface area contributed by atoms with Crippen LogP contribution in [0.3, 0.4) is 0 Å². The molecule has 3 aromatic rings. The van der Waals surface area contributed by atoms with Gasteiger partial charge in [0.2, 0.25) is 0 Å². The first-order valence-corrected chi connectivity index (χ1v) is 9.60. The van der Waals surface area contributed by atoms with Crippen molar-refractivity contribution in [3.05, 3.63) is 70.9 Å². The minimum absolute atomic E-state index is 0.0402. The highest BCUT2D eigenvalue weighted by atomic mass is 16.2. The zero-order valence-corrected chi connectivity index (χ0v) is 15.6. The molecule has 1 aliphatic rings. The molecule has 7 nitrogen and oxygen atoms in total. The first-order valence-electron chi connectivity index (χ1n) is 9.60. The van der Waals surface area contributed by atoms with Crippen molar-refractivity contribution in [1.82, 2.24) is 25.0 Å². The zero-order valence-electron chi connectivity index (χ0n) is 15.6. The van der Waals surface area contributed by atoms with Crippen molar-refractivity contribution in [2.24, 2.45) is 0 Å². The molecule has 1 fully saturated rings. The molecule has 1 N–H and O–H groups in total. The fraction of sp³-hybridized carbons (Fsp3) is 0.333. The van der Waals surface area contributed by atoms with Crippen molar-refractivity contribution >= 4 is 16.7 Å². The van der Waals surface area contributed by atoms with Crippen molar-refractivity contribution < 1.29 is 4.79 Å². The molecular formula is C21H23N5O2. The summed E-state index contributed by atoms with van der Waals surface area (Å²) in [6, 6.07) is 11.4. The molecule has 28 heavy (non-hydrogen) atoms. The van der Waals surface area contributed by atoms with Crippen LogP contribution in [0.2, 0.25) is 0 Å². The molecule has 0 bridgehead atoms. The highest BCUT2D eigenvalue weighted by Gasteiger charge is 2.23. The lowest BCUT2D eigenvalue weighted by Crippen LogP contribution is -2.45. The number of rotatable bonds is 5. The molecule has 0 spiro atoms. The second-order valence-corrected chi connectivity index (χ2v) is 7.02. The summed E-state index contributed by atoms with van der Waals surface area (Å²) in [5.41, 5.74) is 0.576. The molecule has 0 unspecified atom stereocenters. The first kappa shape index (κ1) is 18.3. The van der Waals surface area contributed by atoms with Crippen LogP contribution in [0.4, 0.5) is 0 Å². The molecule has 3 heterocycles. The van der Waals surface area contributed by atoms with Gasteiger partial charge < -0.3 is 10.2 Å². The molecular weight excluding hydrogens is 354 g/mol. The number of piperidine rings is 1. The van der Waals surface area contributed by atoms with Crippen molar-refractivity contribution in [2.45, 2.75) is 25.4 Å². The molecule has 0 atom stereocenters. The van der Waals surface area contributed by atoms with Gasteiger partial charge in [-0.05, 0) is 31.0 Å². The van der Waals surface area contributed by atoms with E-state index >= 15 is 0 Å². The minimum Gasteiger partial charge on any atom is -0.338 e. The van der Waals surface area contributed by atoms with Crippen LogP contribution in [-0.2, 0) is 6.54 Å². The molecule has 4 rings (SSSR count). The van der Waals surface area contributed by atoms with E-state index in [1.54, 1.807) is 30.7 Å². The SMILES string of the molecule is O=C(c1cccnc1)N1CCC(NCCn2ncc3ccccc3c2=O)CC1. The fourth-order valence-electron chi connectivity index (χ4n) is 3.62. The third-order valence-electron chi connectivity index (χ3n) is 5.21. The summed E-state index contributed by atoms with van der Waals surface area (Å²) in [6.07, 6.45) is 6.81. The summed E-state index contributed by atoms with van der Waals surface area (Å²) in [6.45, 7) is 2.64. The summed E-state index contributed by atoms with van der Waals surface area (Å²) >= 11 is 0. The number of carbonyl (C=O) groups excluding carboxylic acids is 1. The van der Waals surface area contributed by atoms with E-state index in [0.717, 1.165) is 31.3 Å². The molecule has 0 saturated carbocycles. The maximum absolute atomic E-state index is 12.5. The number of hydrogen-bond donors (Lipinski definition) is 1. The Labute approximate surface area is 163 Å². The number of hydrogen-bond acceptors (Lipinski definition) is 5. The van der Waals surface area contributed by atoms with Crippen molar-refractivity contribution in [3.8, 4) is 0 Å². The van der Waals surface area contributed by atoms with Gasteiger partial charge in [0.25, 0.3) is 11.5 Å². The van der Waals surface area contributed by atoms with Crippen LogP contribution in [0.1, 0.15) is 23.2 Å². The topological polar surface area (TPSA) is 80.1 Å². The Morgan fingerprint density at radius 2 is 1.93 bits per heavy atom. The number of fused-ring (bicyclic) bond motifs is 1. The summed E-state index contributed by atoms with van der Waals surface area (Å²) < 4.78 is 1.51. The van der Waals surface area contributed by atoms with Crippen LogP contribution < -0.4 is 10.9 Å². The monoisotopic (exact) mass is 377 g/mol. The number of aromatic nitrogens is 3. The van der Waals surface area contributed by atoms with Crippen molar-refractivity contribution in [1.29, 1.82) is 0 Å². The van der Waals surface area contributed by atoms with Gasteiger partial charge in [0.15, 0.2) is 0 Å². The number of nitrogens with one attached hydrogen (secondary N) is 1. The van der Waals surface area contributed by atoms with E-state index in [1.165, 1.54) is 4.68 Å². The van der Waals surface area contributed by atoms with Gasteiger partial charge in [0.1, 0.15) is 0 Å². The van der Waals surface area contributed by atoms with Gasteiger partial charge in [0.05, 0.1) is 23.7 Å².